The van der Waals surface area contributed by atoms with Crippen molar-refractivity contribution in [1.29, 1.82) is 0 Å². The molecule has 0 unspecified atom stereocenters. The van der Waals surface area contributed by atoms with Crippen LogP contribution >= 0.6 is 11.6 Å². The van der Waals surface area contributed by atoms with Crippen molar-refractivity contribution in [2.24, 2.45) is 5.14 Å². The average molecular weight is 410 g/mol. The summed E-state index contributed by atoms with van der Waals surface area (Å²) in [5.41, 5.74) is 1.65. The van der Waals surface area contributed by atoms with Gasteiger partial charge in [0.05, 0.1) is 23.7 Å². The van der Waals surface area contributed by atoms with Gasteiger partial charge < -0.3 is 15.0 Å². The third kappa shape index (κ3) is 4.78. The van der Waals surface area contributed by atoms with Crippen molar-refractivity contribution in [3.63, 3.8) is 0 Å². The lowest BCUT2D eigenvalue weighted by atomic mass is 10.1. The molecule has 0 aliphatic carbocycles. The number of sulfonamides is 1. The van der Waals surface area contributed by atoms with Crippen molar-refractivity contribution in [3.05, 3.63) is 58.6 Å². The molecule has 1 amide bonds. The molecular formula is C18H20ClN3O4S. The number of halogens is 1. The fourth-order valence-electron chi connectivity index (χ4n) is 2.87. The molecular weight excluding hydrogens is 390 g/mol. The molecule has 1 fully saturated rings. The Hall–Kier alpha value is -2.13. The number of carbonyl (C=O) groups is 1. The first-order valence-electron chi connectivity index (χ1n) is 8.37. The summed E-state index contributed by atoms with van der Waals surface area (Å²) in [4.78, 5) is 14.7. The van der Waals surface area contributed by atoms with Crippen molar-refractivity contribution in [3.8, 4) is 0 Å². The predicted octanol–water partition coefficient (Wildman–Crippen LogP) is 1.75. The zero-order valence-electron chi connectivity index (χ0n) is 14.5. The second-order valence-electron chi connectivity index (χ2n) is 6.10. The summed E-state index contributed by atoms with van der Waals surface area (Å²) < 4.78 is 28.8. The Morgan fingerprint density at radius 1 is 1.19 bits per heavy atom. The largest absolute Gasteiger partial charge is 0.378 e. The second kappa shape index (κ2) is 8.26. The van der Waals surface area contributed by atoms with E-state index in [0.29, 0.717) is 37.0 Å². The molecule has 1 aliphatic heterocycles. The molecule has 1 aliphatic rings. The van der Waals surface area contributed by atoms with Crippen LogP contribution in [0.1, 0.15) is 15.9 Å². The molecule has 9 heteroatoms. The van der Waals surface area contributed by atoms with Gasteiger partial charge in [-0.1, -0.05) is 29.8 Å². The smallest absolute Gasteiger partial charge is 0.253 e. The average Bonchev–Trinajstić information content (AvgIpc) is 2.66. The number of nitrogens with zero attached hydrogens (tertiary/aromatic N) is 1. The van der Waals surface area contributed by atoms with Gasteiger partial charge in [0.2, 0.25) is 10.0 Å². The molecule has 1 saturated heterocycles. The summed E-state index contributed by atoms with van der Waals surface area (Å²) in [7, 11) is -3.92. The number of amides is 1. The quantitative estimate of drug-likeness (QED) is 0.783. The SMILES string of the molecule is NS(=O)(=O)c1ccc(N2CCOCC2)c(C(=O)NCc2ccccc2Cl)c1. The van der Waals surface area contributed by atoms with Crippen LogP contribution in [-0.4, -0.2) is 40.6 Å². The maximum atomic E-state index is 12.8. The Labute approximate surface area is 163 Å². The van der Waals surface area contributed by atoms with Crippen LogP contribution in [0.3, 0.4) is 0 Å². The van der Waals surface area contributed by atoms with Gasteiger partial charge in [-0.05, 0) is 29.8 Å². The number of anilines is 1. The third-order valence-electron chi connectivity index (χ3n) is 4.29. The van der Waals surface area contributed by atoms with Crippen LogP contribution in [0.15, 0.2) is 47.4 Å². The van der Waals surface area contributed by atoms with Crippen LogP contribution in [0.25, 0.3) is 0 Å². The number of rotatable bonds is 5. The molecule has 0 bridgehead atoms. The lowest BCUT2D eigenvalue weighted by Gasteiger charge is -2.30. The highest BCUT2D eigenvalue weighted by Crippen LogP contribution is 2.25. The summed E-state index contributed by atoms with van der Waals surface area (Å²) in [5, 5.41) is 8.57. The highest BCUT2D eigenvalue weighted by atomic mass is 35.5. The molecule has 0 aromatic heterocycles. The number of ether oxygens (including phenoxy) is 1. The number of hydrogen-bond donors (Lipinski definition) is 2. The standard InChI is InChI=1S/C18H20ClN3O4S/c19-16-4-2-1-3-13(16)12-21-18(23)15-11-14(27(20,24)25)5-6-17(15)22-7-9-26-10-8-22/h1-6,11H,7-10,12H2,(H,21,23)(H2,20,24,25). The van der Waals surface area contributed by atoms with Crippen molar-refractivity contribution in [2.75, 3.05) is 31.2 Å². The fourth-order valence-corrected chi connectivity index (χ4v) is 3.61. The van der Waals surface area contributed by atoms with Gasteiger partial charge >= 0.3 is 0 Å². The van der Waals surface area contributed by atoms with Crippen LogP contribution in [-0.2, 0) is 21.3 Å². The van der Waals surface area contributed by atoms with Gasteiger partial charge in [0.15, 0.2) is 0 Å². The van der Waals surface area contributed by atoms with E-state index in [1.807, 2.05) is 17.0 Å². The van der Waals surface area contributed by atoms with Crippen molar-refractivity contribution < 1.29 is 17.9 Å². The van der Waals surface area contributed by atoms with E-state index < -0.39 is 15.9 Å². The zero-order chi connectivity index (χ0) is 19.4. The fraction of sp³-hybridized carbons (Fsp3) is 0.278. The van der Waals surface area contributed by atoms with Gasteiger partial charge in [0.1, 0.15) is 0 Å². The topological polar surface area (TPSA) is 102 Å². The van der Waals surface area contributed by atoms with E-state index in [4.69, 9.17) is 21.5 Å². The monoisotopic (exact) mass is 409 g/mol. The third-order valence-corrected chi connectivity index (χ3v) is 5.57. The summed E-state index contributed by atoms with van der Waals surface area (Å²) >= 11 is 6.12. The molecule has 3 N–H and O–H groups in total. The van der Waals surface area contributed by atoms with Gasteiger partial charge in [-0.3, -0.25) is 4.79 Å². The predicted molar refractivity (Wildman–Crippen MR) is 103 cm³/mol. The lowest BCUT2D eigenvalue weighted by molar-refractivity contribution is 0.0949. The highest BCUT2D eigenvalue weighted by molar-refractivity contribution is 7.89. The lowest BCUT2D eigenvalue weighted by Crippen LogP contribution is -2.38. The van der Waals surface area contributed by atoms with Gasteiger partial charge in [-0.25, -0.2) is 13.6 Å². The van der Waals surface area contributed by atoms with Crippen LogP contribution in [0.2, 0.25) is 5.02 Å². The normalized spacial score (nSPS) is 14.8. The Bertz CT molecular complexity index is 943. The first-order chi connectivity index (χ1) is 12.9. The molecule has 1 heterocycles. The summed E-state index contributed by atoms with van der Waals surface area (Å²) in [6.45, 7) is 2.52. The second-order valence-corrected chi connectivity index (χ2v) is 8.07. The van der Waals surface area contributed by atoms with E-state index in [1.165, 1.54) is 12.1 Å². The van der Waals surface area contributed by atoms with Crippen molar-refractivity contribution in [1.82, 2.24) is 5.32 Å². The number of carbonyl (C=O) groups excluding carboxylic acids is 1. The minimum atomic E-state index is -3.92. The molecule has 27 heavy (non-hydrogen) atoms. The van der Waals surface area contributed by atoms with Crippen molar-refractivity contribution in [2.45, 2.75) is 11.4 Å². The first-order valence-corrected chi connectivity index (χ1v) is 10.3. The van der Waals surface area contributed by atoms with E-state index in [-0.39, 0.29) is 17.0 Å². The van der Waals surface area contributed by atoms with Gasteiger partial charge in [0, 0.05) is 30.3 Å². The molecule has 2 aromatic carbocycles. The van der Waals surface area contributed by atoms with E-state index in [1.54, 1.807) is 18.2 Å². The maximum Gasteiger partial charge on any atom is 0.253 e. The summed E-state index contributed by atoms with van der Waals surface area (Å²) in [6.07, 6.45) is 0. The number of nitrogens with one attached hydrogen (secondary N) is 1. The van der Waals surface area contributed by atoms with Crippen LogP contribution in [0.4, 0.5) is 5.69 Å². The van der Waals surface area contributed by atoms with Crippen molar-refractivity contribution >= 4 is 33.2 Å². The number of hydrogen-bond acceptors (Lipinski definition) is 5. The molecule has 0 saturated carbocycles. The van der Waals surface area contributed by atoms with Gasteiger partial charge in [-0.2, -0.15) is 0 Å². The molecule has 0 radical (unpaired) electrons. The highest BCUT2D eigenvalue weighted by Gasteiger charge is 2.21. The molecule has 144 valence electrons. The minimum absolute atomic E-state index is 0.109. The van der Waals surface area contributed by atoms with E-state index >= 15 is 0 Å². The van der Waals surface area contributed by atoms with E-state index in [0.717, 1.165) is 5.56 Å². The molecule has 0 atom stereocenters. The zero-order valence-corrected chi connectivity index (χ0v) is 16.1. The Balaban J connectivity index is 1.90. The summed E-state index contributed by atoms with van der Waals surface area (Å²) in [6, 6.07) is 11.5. The molecule has 2 aromatic rings. The van der Waals surface area contributed by atoms with Crippen LogP contribution in [0, 0.1) is 0 Å². The maximum absolute atomic E-state index is 12.8. The Morgan fingerprint density at radius 2 is 1.89 bits per heavy atom. The molecule has 7 nitrogen and oxygen atoms in total. The van der Waals surface area contributed by atoms with Crippen LogP contribution < -0.4 is 15.4 Å². The van der Waals surface area contributed by atoms with E-state index in [9.17, 15) is 13.2 Å². The number of morpholine rings is 1. The molecule has 0 spiro atoms. The summed E-state index contributed by atoms with van der Waals surface area (Å²) in [5.74, 6) is -0.401. The number of primary sulfonamides is 1. The van der Waals surface area contributed by atoms with Gasteiger partial charge in [-0.15, -0.1) is 0 Å². The number of benzene rings is 2. The van der Waals surface area contributed by atoms with Crippen LogP contribution in [0.5, 0.6) is 0 Å². The molecule has 3 rings (SSSR count). The Kier molecular flexibility index (Phi) is 6.01. The first kappa shape index (κ1) is 19.6. The van der Waals surface area contributed by atoms with E-state index in [2.05, 4.69) is 5.32 Å². The minimum Gasteiger partial charge on any atom is -0.378 e. The van der Waals surface area contributed by atoms with Gasteiger partial charge in [0.25, 0.3) is 5.91 Å². The Morgan fingerprint density at radius 3 is 2.56 bits per heavy atom. The number of nitrogens with two attached hydrogens (primary N) is 1.